The quantitative estimate of drug-likeness (QED) is 0.308. The van der Waals surface area contributed by atoms with Crippen molar-refractivity contribution in [1.29, 1.82) is 0 Å². The van der Waals surface area contributed by atoms with Crippen molar-refractivity contribution in [2.45, 2.75) is 103 Å². The fourth-order valence-electron chi connectivity index (χ4n) is 6.03. The molecule has 44 heavy (non-hydrogen) atoms. The molecule has 0 aromatic heterocycles. The van der Waals surface area contributed by atoms with E-state index in [-0.39, 0.29) is 17.9 Å². The number of carbonyl (C=O) groups is 3. The number of rotatable bonds is 6. The summed E-state index contributed by atoms with van der Waals surface area (Å²) in [6.07, 6.45) is 4.12. The van der Waals surface area contributed by atoms with Gasteiger partial charge in [0.05, 0.1) is 26.3 Å². The molecule has 2 aliphatic heterocycles. The van der Waals surface area contributed by atoms with Crippen LogP contribution in [0.15, 0.2) is 36.4 Å². The van der Waals surface area contributed by atoms with E-state index >= 15 is 0 Å². The van der Waals surface area contributed by atoms with Crippen LogP contribution >= 0.6 is 0 Å². The van der Waals surface area contributed by atoms with Crippen LogP contribution < -0.4 is 9.47 Å². The molecule has 0 saturated carbocycles. The predicted octanol–water partition coefficient (Wildman–Crippen LogP) is 7.86. The zero-order chi connectivity index (χ0) is 32.2. The minimum Gasteiger partial charge on any atom is -0.497 e. The van der Waals surface area contributed by atoms with Crippen molar-refractivity contribution in [3.63, 3.8) is 0 Å². The number of benzene rings is 2. The van der Waals surface area contributed by atoms with Gasteiger partial charge in [0.1, 0.15) is 22.7 Å². The van der Waals surface area contributed by atoms with Crippen LogP contribution in [0.1, 0.15) is 119 Å². The Morgan fingerprint density at radius 2 is 1.02 bits per heavy atom. The minimum atomic E-state index is -0.649. The van der Waals surface area contributed by atoms with Crippen molar-refractivity contribution < 1.29 is 33.3 Å². The van der Waals surface area contributed by atoms with Gasteiger partial charge >= 0.3 is 12.2 Å². The SMILES string of the molecule is COc1ccc(C(=O)c2ccc(OC)cc2[C@H]2CCCCN2C(=O)OC(C)(C)C)c(C2CCCCN2C(=O)OC(C)(C)C)c1. The van der Waals surface area contributed by atoms with Crippen LogP contribution in [-0.2, 0) is 9.47 Å². The van der Waals surface area contributed by atoms with Crippen molar-refractivity contribution in [1.82, 2.24) is 9.80 Å². The first-order valence-electron chi connectivity index (χ1n) is 15.6. The average Bonchev–Trinajstić information content (AvgIpc) is 2.98. The number of ether oxygens (including phenoxy) is 4. The number of hydrogen-bond acceptors (Lipinski definition) is 7. The van der Waals surface area contributed by atoms with Crippen LogP contribution in [0, 0.1) is 0 Å². The van der Waals surface area contributed by atoms with Gasteiger partial charge in [-0.3, -0.25) is 4.79 Å². The molecule has 9 nitrogen and oxygen atoms in total. The molecule has 2 fully saturated rings. The first-order valence-corrected chi connectivity index (χ1v) is 15.6. The summed E-state index contributed by atoms with van der Waals surface area (Å²) in [7, 11) is 3.17. The molecule has 2 heterocycles. The highest BCUT2D eigenvalue weighted by molar-refractivity contribution is 6.11. The summed E-state index contributed by atoms with van der Waals surface area (Å²) in [5.74, 6) is 1.01. The third kappa shape index (κ3) is 7.85. The van der Waals surface area contributed by atoms with Crippen LogP contribution in [0.3, 0.4) is 0 Å². The fourth-order valence-corrected chi connectivity index (χ4v) is 6.03. The molecule has 0 radical (unpaired) electrons. The maximum atomic E-state index is 14.6. The monoisotopic (exact) mass is 608 g/mol. The Labute approximate surface area is 261 Å². The molecule has 240 valence electrons. The lowest BCUT2D eigenvalue weighted by Crippen LogP contribution is -2.42. The van der Waals surface area contributed by atoms with E-state index in [2.05, 4.69) is 0 Å². The zero-order valence-electron chi connectivity index (χ0n) is 27.5. The lowest BCUT2D eigenvalue weighted by Gasteiger charge is -2.38. The highest BCUT2D eigenvalue weighted by Gasteiger charge is 2.37. The summed E-state index contributed by atoms with van der Waals surface area (Å²) >= 11 is 0. The number of nitrogens with zero attached hydrogens (tertiary/aromatic N) is 2. The summed E-state index contributed by atoms with van der Waals surface area (Å²) in [4.78, 5) is 44.8. The topological polar surface area (TPSA) is 94.6 Å². The molecule has 9 heteroatoms. The Balaban J connectivity index is 1.80. The highest BCUT2D eigenvalue weighted by atomic mass is 16.6. The lowest BCUT2D eigenvalue weighted by molar-refractivity contribution is 0.00854. The second-order valence-electron chi connectivity index (χ2n) is 13.6. The summed E-state index contributed by atoms with van der Waals surface area (Å²) in [6, 6.07) is 10.1. The number of ketones is 1. The van der Waals surface area contributed by atoms with E-state index in [4.69, 9.17) is 18.9 Å². The van der Waals surface area contributed by atoms with Gasteiger partial charge < -0.3 is 28.7 Å². The maximum Gasteiger partial charge on any atom is 0.410 e. The second kappa shape index (κ2) is 13.5. The third-order valence-corrected chi connectivity index (χ3v) is 7.99. The van der Waals surface area contributed by atoms with Crippen LogP contribution in [0.2, 0.25) is 0 Å². The van der Waals surface area contributed by atoms with Crippen LogP contribution in [-0.4, -0.2) is 66.3 Å². The molecular weight excluding hydrogens is 560 g/mol. The zero-order valence-corrected chi connectivity index (χ0v) is 27.5. The molecule has 2 aliphatic rings. The normalized spacial score (nSPS) is 19.3. The molecule has 1 unspecified atom stereocenters. The summed E-state index contributed by atoms with van der Waals surface area (Å²) < 4.78 is 22.7. The first-order chi connectivity index (χ1) is 20.7. The van der Waals surface area contributed by atoms with E-state index < -0.39 is 23.4 Å². The fraction of sp³-hybridized carbons (Fsp3) is 0.571. The van der Waals surface area contributed by atoms with Crippen molar-refractivity contribution in [2.75, 3.05) is 27.3 Å². The van der Waals surface area contributed by atoms with Crippen LogP contribution in [0.5, 0.6) is 11.5 Å². The molecule has 4 rings (SSSR count). The maximum absolute atomic E-state index is 14.6. The Hall–Kier alpha value is -3.75. The molecule has 2 aromatic rings. The van der Waals surface area contributed by atoms with E-state index in [0.717, 1.165) is 25.7 Å². The molecule has 2 amide bonds. The molecular formula is C35H48N2O7. The van der Waals surface area contributed by atoms with E-state index in [1.54, 1.807) is 48.3 Å². The number of methoxy groups -OCH3 is 2. The lowest BCUT2D eigenvalue weighted by atomic mass is 9.85. The van der Waals surface area contributed by atoms with Crippen molar-refractivity contribution in [3.8, 4) is 11.5 Å². The smallest absolute Gasteiger partial charge is 0.410 e. The third-order valence-electron chi connectivity index (χ3n) is 7.99. The van der Waals surface area contributed by atoms with Gasteiger partial charge in [-0.1, -0.05) is 0 Å². The Morgan fingerprint density at radius 1 is 0.636 bits per heavy atom. The number of piperidine rings is 2. The van der Waals surface area contributed by atoms with Crippen LogP contribution in [0.25, 0.3) is 0 Å². The predicted molar refractivity (Wildman–Crippen MR) is 168 cm³/mol. The Kier molecular flexibility index (Phi) is 10.2. The van der Waals surface area contributed by atoms with Gasteiger partial charge in [0.2, 0.25) is 0 Å². The van der Waals surface area contributed by atoms with Gasteiger partial charge in [0.25, 0.3) is 0 Å². The number of hydrogen-bond donors (Lipinski definition) is 0. The number of likely N-dealkylation sites (tertiary alicyclic amines) is 2. The van der Waals surface area contributed by atoms with Gasteiger partial charge in [0, 0.05) is 24.2 Å². The number of amides is 2. The number of carbonyl (C=O) groups excluding carboxylic acids is 3. The highest BCUT2D eigenvalue weighted by Crippen LogP contribution is 2.40. The Bertz CT molecular complexity index is 1260. The molecule has 0 aliphatic carbocycles. The van der Waals surface area contributed by atoms with E-state index in [9.17, 15) is 14.4 Å². The summed E-state index contributed by atoms with van der Waals surface area (Å²) in [6.45, 7) is 12.2. The second-order valence-corrected chi connectivity index (χ2v) is 13.6. The molecule has 2 atom stereocenters. The molecule has 0 bridgehead atoms. The van der Waals surface area contributed by atoms with Gasteiger partial charge in [-0.05, 0) is 128 Å². The standard InChI is InChI=1S/C35H48N2O7/c1-34(2,3)43-32(39)36-19-11-9-13-29(36)27-21-23(41-7)15-17-25(27)31(38)26-18-16-24(42-8)22-28(26)30-14-10-12-20-37(30)33(40)44-35(4,5)6/h15-18,21-22,29-30H,9-14,19-20H2,1-8H3/t29-,30?/m1/s1. The van der Waals surface area contributed by atoms with E-state index in [1.165, 1.54) is 0 Å². The van der Waals surface area contributed by atoms with Crippen LogP contribution in [0.4, 0.5) is 9.59 Å². The Morgan fingerprint density at radius 3 is 1.36 bits per heavy atom. The minimum absolute atomic E-state index is 0.190. The van der Waals surface area contributed by atoms with Crippen molar-refractivity contribution in [3.05, 3.63) is 58.7 Å². The first kappa shape index (κ1) is 33.1. The van der Waals surface area contributed by atoms with Crippen molar-refractivity contribution in [2.24, 2.45) is 0 Å². The average molecular weight is 609 g/mol. The molecule has 0 N–H and O–H groups in total. The van der Waals surface area contributed by atoms with Gasteiger partial charge in [0.15, 0.2) is 5.78 Å². The van der Waals surface area contributed by atoms with Gasteiger partial charge in [-0.2, -0.15) is 0 Å². The van der Waals surface area contributed by atoms with Crippen molar-refractivity contribution >= 4 is 18.0 Å². The van der Waals surface area contributed by atoms with Gasteiger partial charge in [-0.25, -0.2) is 9.59 Å². The summed E-state index contributed by atoms with van der Waals surface area (Å²) in [5.41, 5.74) is 1.10. The summed E-state index contributed by atoms with van der Waals surface area (Å²) in [5, 5.41) is 0. The molecule has 2 aromatic carbocycles. The van der Waals surface area contributed by atoms with E-state index in [1.807, 2.05) is 53.7 Å². The molecule has 2 saturated heterocycles. The van der Waals surface area contributed by atoms with E-state index in [0.29, 0.717) is 59.7 Å². The van der Waals surface area contributed by atoms with Gasteiger partial charge in [-0.15, -0.1) is 0 Å². The largest absolute Gasteiger partial charge is 0.497 e. The molecule has 0 spiro atoms.